The number of aryl methyl sites for hydroxylation is 2. The number of anilines is 1. The van der Waals surface area contributed by atoms with E-state index in [2.05, 4.69) is 10.3 Å². The van der Waals surface area contributed by atoms with Gasteiger partial charge in [0.2, 0.25) is 5.91 Å². The molecule has 6 heteroatoms. The second kappa shape index (κ2) is 8.40. The van der Waals surface area contributed by atoms with Crippen molar-refractivity contribution in [2.24, 2.45) is 0 Å². The van der Waals surface area contributed by atoms with E-state index in [0.29, 0.717) is 35.3 Å². The third kappa shape index (κ3) is 4.88. The number of hydrogen-bond donors (Lipinski definition) is 1. The zero-order chi connectivity index (χ0) is 19.2. The molecule has 6 nitrogen and oxygen atoms in total. The van der Waals surface area contributed by atoms with Crippen molar-refractivity contribution in [3.8, 4) is 22.8 Å². The smallest absolute Gasteiger partial charge is 0.224 e. The summed E-state index contributed by atoms with van der Waals surface area (Å²) in [6, 6.07) is 13.2. The quantitative estimate of drug-likeness (QED) is 0.677. The minimum atomic E-state index is -0.139. The van der Waals surface area contributed by atoms with Crippen LogP contribution in [0.5, 0.6) is 11.5 Å². The molecule has 27 heavy (non-hydrogen) atoms. The molecule has 2 aromatic carbocycles. The molecule has 0 saturated heterocycles. The largest absolute Gasteiger partial charge is 0.497 e. The lowest BCUT2D eigenvalue weighted by molar-refractivity contribution is -0.116. The number of amides is 1. The molecule has 1 heterocycles. The van der Waals surface area contributed by atoms with Crippen molar-refractivity contribution < 1.29 is 18.7 Å². The fourth-order valence-electron chi connectivity index (χ4n) is 2.60. The van der Waals surface area contributed by atoms with E-state index in [0.717, 1.165) is 5.56 Å². The highest BCUT2D eigenvalue weighted by Crippen LogP contribution is 2.26. The van der Waals surface area contributed by atoms with Gasteiger partial charge in [0.05, 0.1) is 20.4 Å². The highest BCUT2D eigenvalue weighted by molar-refractivity contribution is 5.91. The van der Waals surface area contributed by atoms with E-state index in [1.807, 2.05) is 31.2 Å². The summed E-state index contributed by atoms with van der Waals surface area (Å²) in [5.74, 6) is 2.31. The van der Waals surface area contributed by atoms with Crippen molar-refractivity contribution >= 4 is 11.6 Å². The molecule has 0 spiro atoms. The maximum atomic E-state index is 12.2. The van der Waals surface area contributed by atoms with Crippen molar-refractivity contribution in [2.75, 3.05) is 19.5 Å². The van der Waals surface area contributed by atoms with Gasteiger partial charge in [-0.1, -0.05) is 29.8 Å². The van der Waals surface area contributed by atoms with E-state index in [-0.39, 0.29) is 12.3 Å². The third-order valence-corrected chi connectivity index (χ3v) is 4.09. The first-order valence-electron chi connectivity index (χ1n) is 8.62. The van der Waals surface area contributed by atoms with Gasteiger partial charge in [-0.25, -0.2) is 4.98 Å². The van der Waals surface area contributed by atoms with E-state index in [4.69, 9.17) is 13.9 Å². The van der Waals surface area contributed by atoms with Crippen LogP contribution >= 0.6 is 0 Å². The molecule has 0 atom stereocenters. The van der Waals surface area contributed by atoms with E-state index in [1.54, 1.807) is 38.6 Å². The zero-order valence-electron chi connectivity index (χ0n) is 15.6. The fourth-order valence-corrected chi connectivity index (χ4v) is 2.60. The topological polar surface area (TPSA) is 73.6 Å². The summed E-state index contributed by atoms with van der Waals surface area (Å²) < 4.78 is 16.2. The summed E-state index contributed by atoms with van der Waals surface area (Å²) in [4.78, 5) is 16.5. The molecule has 3 aromatic rings. The molecule has 0 radical (unpaired) electrons. The predicted molar refractivity (Wildman–Crippen MR) is 103 cm³/mol. The Morgan fingerprint density at radius 3 is 2.37 bits per heavy atom. The van der Waals surface area contributed by atoms with Gasteiger partial charge in [-0.2, -0.15) is 0 Å². The Hall–Kier alpha value is -3.28. The molecule has 3 rings (SSSR count). The summed E-state index contributed by atoms with van der Waals surface area (Å²) >= 11 is 0. The van der Waals surface area contributed by atoms with Crippen molar-refractivity contribution in [1.29, 1.82) is 0 Å². The van der Waals surface area contributed by atoms with Gasteiger partial charge in [-0.05, 0) is 6.92 Å². The minimum Gasteiger partial charge on any atom is -0.497 e. The molecule has 0 unspecified atom stereocenters. The SMILES string of the molecule is COc1cc(NC(=O)CCc2ncc(-c3ccc(C)cc3)o2)cc(OC)c1. The summed E-state index contributed by atoms with van der Waals surface area (Å²) in [6.45, 7) is 2.03. The number of hydrogen-bond acceptors (Lipinski definition) is 5. The zero-order valence-corrected chi connectivity index (χ0v) is 15.6. The van der Waals surface area contributed by atoms with E-state index < -0.39 is 0 Å². The lowest BCUT2D eigenvalue weighted by Gasteiger charge is -2.09. The van der Waals surface area contributed by atoms with Gasteiger partial charge in [0, 0.05) is 42.3 Å². The van der Waals surface area contributed by atoms with Crippen LogP contribution in [0.2, 0.25) is 0 Å². The second-order valence-corrected chi connectivity index (χ2v) is 6.13. The van der Waals surface area contributed by atoms with Gasteiger partial charge in [-0.3, -0.25) is 4.79 Å². The second-order valence-electron chi connectivity index (χ2n) is 6.13. The molecule has 0 saturated carbocycles. The van der Waals surface area contributed by atoms with Crippen molar-refractivity contribution in [3.63, 3.8) is 0 Å². The number of nitrogens with one attached hydrogen (secondary N) is 1. The fraction of sp³-hybridized carbons (Fsp3) is 0.238. The van der Waals surface area contributed by atoms with Crippen LogP contribution < -0.4 is 14.8 Å². The van der Waals surface area contributed by atoms with Crippen molar-refractivity contribution in [1.82, 2.24) is 4.98 Å². The van der Waals surface area contributed by atoms with Gasteiger partial charge in [0.1, 0.15) is 11.5 Å². The number of carbonyl (C=O) groups is 1. The van der Waals surface area contributed by atoms with Crippen LogP contribution in [-0.4, -0.2) is 25.1 Å². The lowest BCUT2D eigenvalue weighted by Crippen LogP contribution is -2.12. The standard InChI is InChI=1S/C21H22N2O4/c1-14-4-6-15(7-5-14)19-13-22-21(27-19)9-8-20(24)23-16-10-17(25-2)12-18(11-16)26-3/h4-7,10-13H,8-9H2,1-3H3,(H,23,24). The Balaban J connectivity index is 1.59. The number of aromatic nitrogens is 1. The average Bonchev–Trinajstić information content (AvgIpc) is 3.15. The minimum absolute atomic E-state index is 0.139. The van der Waals surface area contributed by atoms with Crippen LogP contribution in [0.15, 0.2) is 53.1 Å². The number of rotatable bonds is 7. The maximum absolute atomic E-state index is 12.2. The number of nitrogens with zero attached hydrogens (tertiary/aromatic N) is 1. The van der Waals surface area contributed by atoms with Gasteiger partial charge < -0.3 is 19.2 Å². The number of carbonyl (C=O) groups excluding carboxylic acids is 1. The first-order valence-corrected chi connectivity index (χ1v) is 8.62. The monoisotopic (exact) mass is 366 g/mol. The summed E-state index contributed by atoms with van der Waals surface area (Å²) in [5, 5.41) is 2.84. The van der Waals surface area contributed by atoms with Crippen LogP contribution in [0.1, 0.15) is 17.9 Å². The van der Waals surface area contributed by atoms with Crippen LogP contribution in [0.25, 0.3) is 11.3 Å². The first-order chi connectivity index (χ1) is 13.1. The highest BCUT2D eigenvalue weighted by Gasteiger charge is 2.10. The summed E-state index contributed by atoms with van der Waals surface area (Å²) in [6.07, 6.45) is 2.36. The van der Waals surface area contributed by atoms with Gasteiger partial charge in [0.15, 0.2) is 11.7 Å². The molecule has 0 aliphatic rings. The molecule has 0 aliphatic carbocycles. The number of oxazole rings is 1. The predicted octanol–water partition coefficient (Wildman–Crippen LogP) is 4.24. The Kier molecular flexibility index (Phi) is 5.76. The molecule has 0 aliphatic heterocycles. The summed E-state index contributed by atoms with van der Waals surface area (Å²) in [5.41, 5.74) is 2.76. The normalized spacial score (nSPS) is 10.5. The Morgan fingerprint density at radius 2 is 1.74 bits per heavy atom. The van der Waals surface area contributed by atoms with E-state index >= 15 is 0 Å². The molecule has 1 amide bonds. The number of ether oxygens (including phenoxy) is 2. The van der Waals surface area contributed by atoms with Gasteiger partial charge in [0.25, 0.3) is 0 Å². The van der Waals surface area contributed by atoms with Gasteiger partial charge >= 0.3 is 0 Å². The van der Waals surface area contributed by atoms with E-state index in [1.165, 1.54) is 5.56 Å². The molecular formula is C21H22N2O4. The molecule has 0 bridgehead atoms. The van der Waals surface area contributed by atoms with Crippen molar-refractivity contribution in [2.45, 2.75) is 19.8 Å². The Bertz CT molecular complexity index is 894. The summed E-state index contributed by atoms with van der Waals surface area (Å²) in [7, 11) is 3.13. The van der Waals surface area contributed by atoms with Crippen LogP contribution in [0.3, 0.4) is 0 Å². The van der Waals surface area contributed by atoms with Crippen LogP contribution in [-0.2, 0) is 11.2 Å². The Morgan fingerprint density at radius 1 is 1.07 bits per heavy atom. The van der Waals surface area contributed by atoms with E-state index in [9.17, 15) is 4.79 Å². The van der Waals surface area contributed by atoms with Gasteiger partial charge in [-0.15, -0.1) is 0 Å². The molecule has 140 valence electrons. The van der Waals surface area contributed by atoms with Crippen molar-refractivity contribution in [3.05, 3.63) is 60.1 Å². The third-order valence-electron chi connectivity index (χ3n) is 4.09. The highest BCUT2D eigenvalue weighted by atomic mass is 16.5. The molecule has 1 N–H and O–H groups in total. The Labute approximate surface area is 158 Å². The molecule has 0 fully saturated rings. The maximum Gasteiger partial charge on any atom is 0.224 e. The molecular weight excluding hydrogens is 344 g/mol. The van der Waals surface area contributed by atoms with Crippen LogP contribution in [0.4, 0.5) is 5.69 Å². The van der Waals surface area contributed by atoms with Crippen LogP contribution in [0, 0.1) is 6.92 Å². The average molecular weight is 366 g/mol. The first kappa shape index (κ1) is 18.5. The number of methoxy groups -OCH3 is 2. The lowest BCUT2D eigenvalue weighted by atomic mass is 10.1. The molecule has 1 aromatic heterocycles. The number of benzene rings is 2.